The van der Waals surface area contributed by atoms with Gasteiger partial charge in [-0.3, -0.25) is 15.0 Å². The Labute approximate surface area is 121 Å². The van der Waals surface area contributed by atoms with Crippen LogP contribution < -0.4 is 0 Å². The molecule has 0 amide bonds. The number of hydrogen-bond acceptors (Lipinski definition) is 4. The molecule has 5 heteroatoms. The van der Waals surface area contributed by atoms with Crippen molar-refractivity contribution in [2.24, 2.45) is 0 Å². The van der Waals surface area contributed by atoms with Gasteiger partial charge in [-0.2, -0.15) is 0 Å². The highest BCUT2D eigenvalue weighted by molar-refractivity contribution is 7.10. The Morgan fingerprint density at radius 1 is 1.40 bits per heavy atom. The van der Waals surface area contributed by atoms with Crippen molar-refractivity contribution in [3.8, 4) is 0 Å². The zero-order valence-electron chi connectivity index (χ0n) is 11.3. The lowest BCUT2D eigenvalue weighted by Crippen LogP contribution is -2.32. The van der Waals surface area contributed by atoms with E-state index >= 15 is 0 Å². The average molecular weight is 288 g/mol. The molecule has 1 atom stereocenters. The van der Waals surface area contributed by atoms with Gasteiger partial charge in [-0.05, 0) is 35.9 Å². The lowest BCUT2D eigenvalue weighted by Gasteiger charge is -2.32. The first-order chi connectivity index (χ1) is 9.65. The Bertz CT molecular complexity index is 638. The molecule has 1 aliphatic heterocycles. The number of thiophene rings is 1. The highest BCUT2D eigenvalue weighted by Gasteiger charge is 2.23. The van der Waals surface area contributed by atoms with E-state index in [1.165, 1.54) is 10.4 Å². The molecule has 3 rings (SSSR count). The second-order valence-electron chi connectivity index (χ2n) is 5.12. The minimum Gasteiger partial charge on any atom is -0.292 e. The molecule has 0 radical (unpaired) electrons. The molecule has 4 nitrogen and oxygen atoms in total. The van der Waals surface area contributed by atoms with Gasteiger partial charge >= 0.3 is 0 Å². The van der Waals surface area contributed by atoms with Gasteiger partial charge in [0, 0.05) is 36.1 Å². The van der Waals surface area contributed by atoms with Gasteiger partial charge in [-0.25, -0.2) is 0 Å². The van der Waals surface area contributed by atoms with Gasteiger partial charge < -0.3 is 0 Å². The van der Waals surface area contributed by atoms with Crippen molar-refractivity contribution in [2.75, 3.05) is 6.54 Å². The molecule has 1 aromatic heterocycles. The predicted octanol–water partition coefficient (Wildman–Crippen LogP) is 3.78. The number of non-ortho nitro benzene ring substituents is 1. The van der Waals surface area contributed by atoms with Crippen molar-refractivity contribution in [1.29, 1.82) is 0 Å². The summed E-state index contributed by atoms with van der Waals surface area (Å²) >= 11 is 1.83. The van der Waals surface area contributed by atoms with Crippen molar-refractivity contribution in [3.05, 3.63) is 61.8 Å². The number of benzene rings is 1. The van der Waals surface area contributed by atoms with Crippen molar-refractivity contribution in [1.82, 2.24) is 4.90 Å². The number of nitrogens with zero attached hydrogens (tertiary/aromatic N) is 2. The molecular weight excluding hydrogens is 272 g/mol. The van der Waals surface area contributed by atoms with Crippen LogP contribution in [0.3, 0.4) is 0 Å². The van der Waals surface area contributed by atoms with Gasteiger partial charge in [0.25, 0.3) is 5.69 Å². The van der Waals surface area contributed by atoms with Gasteiger partial charge in [0.1, 0.15) is 0 Å². The average Bonchev–Trinajstić information content (AvgIpc) is 2.94. The third-order valence-corrected chi connectivity index (χ3v) is 4.97. The summed E-state index contributed by atoms with van der Waals surface area (Å²) in [6.45, 7) is 4.07. The molecule has 0 N–H and O–H groups in total. The molecule has 0 saturated heterocycles. The van der Waals surface area contributed by atoms with E-state index in [1.807, 2.05) is 17.4 Å². The molecule has 0 saturated carbocycles. The maximum absolute atomic E-state index is 10.9. The largest absolute Gasteiger partial charge is 0.292 e. The molecule has 0 fully saturated rings. The first-order valence-corrected chi connectivity index (χ1v) is 7.57. The van der Waals surface area contributed by atoms with Crippen molar-refractivity contribution < 1.29 is 4.92 Å². The quantitative estimate of drug-likeness (QED) is 0.638. The molecule has 2 heterocycles. The number of hydrogen-bond donors (Lipinski definition) is 0. The van der Waals surface area contributed by atoms with Crippen LogP contribution in [-0.4, -0.2) is 16.4 Å². The Morgan fingerprint density at radius 2 is 2.25 bits per heavy atom. The minimum absolute atomic E-state index is 0.169. The van der Waals surface area contributed by atoms with Crippen molar-refractivity contribution in [3.63, 3.8) is 0 Å². The van der Waals surface area contributed by atoms with Crippen LogP contribution in [0.15, 0.2) is 35.7 Å². The third kappa shape index (κ3) is 2.46. The van der Waals surface area contributed by atoms with Crippen molar-refractivity contribution >= 4 is 17.0 Å². The standard InChI is InChI=1S/C15H16N2O2S/c1-11(12-3-2-4-14(9-12)17(18)19)16-7-5-15-13(10-16)6-8-20-15/h2-4,6,8-9,11H,5,7,10H2,1H3. The van der Waals surface area contributed by atoms with Crippen LogP contribution >= 0.6 is 11.3 Å². The number of rotatable bonds is 3. The zero-order chi connectivity index (χ0) is 14.1. The number of nitro groups is 1. The summed E-state index contributed by atoms with van der Waals surface area (Å²) in [5.74, 6) is 0. The van der Waals surface area contributed by atoms with Crippen LogP contribution in [0.2, 0.25) is 0 Å². The van der Waals surface area contributed by atoms with E-state index in [4.69, 9.17) is 0 Å². The summed E-state index contributed by atoms with van der Waals surface area (Å²) < 4.78 is 0. The van der Waals surface area contributed by atoms with E-state index < -0.39 is 0 Å². The van der Waals surface area contributed by atoms with Gasteiger partial charge in [-0.15, -0.1) is 11.3 Å². The van der Waals surface area contributed by atoms with E-state index in [0.717, 1.165) is 25.1 Å². The van der Waals surface area contributed by atoms with E-state index in [9.17, 15) is 10.1 Å². The van der Waals surface area contributed by atoms with E-state index in [2.05, 4.69) is 23.3 Å². The number of nitro benzene ring substituents is 1. The fourth-order valence-electron chi connectivity index (χ4n) is 2.71. The van der Waals surface area contributed by atoms with Crippen LogP contribution in [0.5, 0.6) is 0 Å². The monoisotopic (exact) mass is 288 g/mol. The molecule has 1 aromatic carbocycles. The van der Waals surface area contributed by atoms with Crippen molar-refractivity contribution in [2.45, 2.75) is 25.9 Å². The summed E-state index contributed by atoms with van der Waals surface area (Å²) in [5, 5.41) is 13.0. The topological polar surface area (TPSA) is 46.4 Å². The molecular formula is C15H16N2O2S. The molecule has 0 spiro atoms. The summed E-state index contributed by atoms with van der Waals surface area (Å²) in [5.41, 5.74) is 2.58. The SMILES string of the molecule is CC(c1cccc([N+](=O)[O-])c1)N1CCc2sccc2C1. The van der Waals surface area contributed by atoms with Crippen LogP contribution in [-0.2, 0) is 13.0 Å². The highest BCUT2D eigenvalue weighted by Crippen LogP contribution is 2.31. The number of fused-ring (bicyclic) bond motifs is 1. The minimum atomic E-state index is -0.330. The van der Waals surface area contributed by atoms with Gasteiger partial charge in [-0.1, -0.05) is 12.1 Å². The second kappa shape index (κ2) is 5.34. The molecule has 1 aliphatic rings. The van der Waals surface area contributed by atoms with Gasteiger partial charge in [0.15, 0.2) is 0 Å². The zero-order valence-corrected chi connectivity index (χ0v) is 12.1. The van der Waals surface area contributed by atoms with Gasteiger partial charge in [0.2, 0.25) is 0 Å². The molecule has 1 unspecified atom stereocenters. The molecule has 2 aromatic rings. The summed E-state index contributed by atoms with van der Waals surface area (Å²) in [7, 11) is 0. The maximum atomic E-state index is 10.9. The van der Waals surface area contributed by atoms with Crippen LogP contribution in [0.1, 0.15) is 29.0 Å². The van der Waals surface area contributed by atoms with E-state index in [0.29, 0.717) is 0 Å². The Hall–Kier alpha value is -1.72. The maximum Gasteiger partial charge on any atom is 0.269 e. The lowest BCUT2D eigenvalue weighted by molar-refractivity contribution is -0.385. The van der Waals surface area contributed by atoms with Crippen LogP contribution in [0.25, 0.3) is 0 Å². The first kappa shape index (κ1) is 13.3. The normalized spacial score (nSPS) is 16.6. The Kier molecular flexibility index (Phi) is 3.54. The Balaban J connectivity index is 1.81. The lowest BCUT2D eigenvalue weighted by atomic mass is 10.0. The fourth-order valence-corrected chi connectivity index (χ4v) is 3.60. The smallest absolute Gasteiger partial charge is 0.269 e. The summed E-state index contributed by atoms with van der Waals surface area (Å²) in [6.07, 6.45) is 1.08. The van der Waals surface area contributed by atoms with E-state index in [1.54, 1.807) is 18.2 Å². The van der Waals surface area contributed by atoms with Crippen LogP contribution in [0, 0.1) is 10.1 Å². The highest BCUT2D eigenvalue weighted by atomic mass is 32.1. The van der Waals surface area contributed by atoms with E-state index in [-0.39, 0.29) is 16.7 Å². The van der Waals surface area contributed by atoms with Crippen LogP contribution in [0.4, 0.5) is 5.69 Å². The predicted molar refractivity (Wildman–Crippen MR) is 79.9 cm³/mol. The molecule has 104 valence electrons. The molecule has 0 bridgehead atoms. The molecule has 20 heavy (non-hydrogen) atoms. The third-order valence-electron chi connectivity index (χ3n) is 3.95. The fraction of sp³-hybridized carbons (Fsp3) is 0.333. The first-order valence-electron chi connectivity index (χ1n) is 6.69. The molecule has 0 aliphatic carbocycles. The summed E-state index contributed by atoms with van der Waals surface area (Å²) in [6, 6.07) is 9.36. The van der Waals surface area contributed by atoms with Gasteiger partial charge in [0.05, 0.1) is 4.92 Å². The summed E-state index contributed by atoms with van der Waals surface area (Å²) in [4.78, 5) is 14.4. The second-order valence-corrected chi connectivity index (χ2v) is 6.12. The Morgan fingerprint density at radius 3 is 3.05 bits per heavy atom.